The average Bonchev–Trinajstić information content (AvgIpc) is 2.31. The lowest BCUT2D eigenvalue weighted by Gasteiger charge is -2.16. The predicted molar refractivity (Wildman–Crippen MR) is 61.1 cm³/mol. The zero-order chi connectivity index (χ0) is 12.8. The van der Waals surface area contributed by atoms with Gasteiger partial charge in [-0.05, 0) is 32.0 Å². The summed E-state index contributed by atoms with van der Waals surface area (Å²) >= 11 is 0. The fourth-order valence-electron chi connectivity index (χ4n) is 1.35. The van der Waals surface area contributed by atoms with Gasteiger partial charge in [0.15, 0.2) is 6.10 Å². The summed E-state index contributed by atoms with van der Waals surface area (Å²) in [4.78, 5) is 11.4. The van der Waals surface area contributed by atoms with Crippen molar-refractivity contribution >= 4 is 5.91 Å². The third kappa shape index (κ3) is 3.71. The summed E-state index contributed by atoms with van der Waals surface area (Å²) in [5, 5.41) is 11.7. The number of nitrogens with one attached hydrogen (secondary N) is 1. The van der Waals surface area contributed by atoms with Crippen molar-refractivity contribution in [3.05, 3.63) is 29.6 Å². The van der Waals surface area contributed by atoms with Crippen LogP contribution in [0.2, 0.25) is 0 Å². The van der Waals surface area contributed by atoms with Gasteiger partial charge in [0.25, 0.3) is 5.91 Å². The molecule has 1 aromatic carbocycles. The highest BCUT2D eigenvalue weighted by atomic mass is 19.1. The van der Waals surface area contributed by atoms with E-state index in [0.717, 1.165) is 0 Å². The summed E-state index contributed by atoms with van der Waals surface area (Å²) in [7, 11) is 0. The molecule has 0 fully saturated rings. The Bertz CT molecular complexity index is 395. The van der Waals surface area contributed by atoms with Crippen LogP contribution in [-0.4, -0.2) is 23.7 Å². The van der Waals surface area contributed by atoms with Crippen LogP contribution in [0.15, 0.2) is 18.2 Å². The lowest BCUT2D eigenvalue weighted by atomic mass is 10.2. The first-order chi connectivity index (χ1) is 8.08. The summed E-state index contributed by atoms with van der Waals surface area (Å²) < 4.78 is 18.3. The van der Waals surface area contributed by atoms with Gasteiger partial charge in [-0.15, -0.1) is 0 Å². The number of hydrogen-bond acceptors (Lipinski definition) is 3. The molecule has 0 bridgehead atoms. The minimum atomic E-state index is -0.689. The smallest absolute Gasteiger partial charge is 0.260 e. The average molecular weight is 241 g/mol. The van der Waals surface area contributed by atoms with Crippen LogP contribution in [0.1, 0.15) is 19.4 Å². The van der Waals surface area contributed by atoms with Gasteiger partial charge in [0, 0.05) is 12.1 Å². The highest BCUT2D eigenvalue weighted by Crippen LogP contribution is 2.20. The number of halogens is 1. The maximum absolute atomic E-state index is 12.9. The maximum Gasteiger partial charge on any atom is 0.260 e. The normalized spacial score (nSPS) is 12.0. The van der Waals surface area contributed by atoms with Crippen molar-refractivity contribution in [2.24, 2.45) is 0 Å². The van der Waals surface area contributed by atoms with Crippen molar-refractivity contribution in [3.63, 3.8) is 0 Å². The van der Waals surface area contributed by atoms with E-state index in [2.05, 4.69) is 5.32 Å². The van der Waals surface area contributed by atoms with E-state index in [4.69, 9.17) is 9.84 Å². The van der Waals surface area contributed by atoms with Gasteiger partial charge in [0.05, 0.1) is 6.61 Å². The van der Waals surface area contributed by atoms with Crippen LogP contribution in [0.25, 0.3) is 0 Å². The van der Waals surface area contributed by atoms with Gasteiger partial charge < -0.3 is 15.2 Å². The molecule has 0 aromatic heterocycles. The van der Waals surface area contributed by atoms with E-state index < -0.39 is 11.9 Å². The van der Waals surface area contributed by atoms with Gasteiger partial charge in [-0.2, -0.15) is 0 Å². The van der Waals surface area contributed by atoms with Crippen LogP contribution >= 0.6 is 0 Å². The van der Waals surface area contributed by atoms with Gasteiger partial charge in [0.1, 0.15) is 11.6 Å². The molecule has 0 spiro atoms. The van der Waals surface area contributed by atoms with Crippen molar-refractivity contribution in [1.29, 1.82) is 0 Å². The standard InChI is InChI=1S/C12H16FNO3/c1-3-14-12(16)8(2)17-11-5-4-10(13)6-9(11)7-15/h4-6,8,15H,3,7H2,1-2H3,(H,14,16). The second kappa shape index (κ2) is 6.20. The number of carbonyl (C=O) groups excluding carboxylic acids is 1. The molecule has 0 aliphatic heterocycles. The summed E-state index contributed by atoms with van der Waals surface area (Å²) in [6.07, 6.45) is -0.689. The van der Waals surface area contributed by atoms with E-state index in [1.807, 2.05) is 6.92 Å². The lowest BCUT2D eigenvalue weighted by molar-refractivity contribution is -0.127. The molecule has 1 amide bonds. The predicted octanol–water partition coefficient (Wildman–Crippen LogP) is 1.22. The third-order valence-corrected chi connectivity index (χ3v) is 2.22. The zero-order valence-corrected chi connectivity index (χ0v) is 9.87. The molecule has 1 unspecified atom stereocenters. The molecule has 1 rings (SSSR count). The van der Waals surface area contributed by atoms with Crippen LogP contribution in [0.4, 0.5) is 4.39 Å². The molecule has 1 aromatic rings. The first-order valence-electron chi connectivity index (χ1n) is 5.42. The minimum Gasteiger partial charge on any atom is -0.481 e. The molecule has 0 saturated carbocycles. The topological polar surface area (TPSA) is 58.6 Å². The molecule has 5 heteroatoms. The second-order valence-electron chi connectivity index (χ2n) is 3.56. The van der Waals surface area contributed by atoms with Gasteiger partial charge in [-0.1, -0.05) is 0 Å². The number of benzene rings is 1. The zero-order valence-electron chi connectivity index (χ0n) is 9.87. The van der Waals surface area contributed by atoms with E-state index in [-0.39, 0.29) is 12.5 Å². The molecular formula is C12H16FNO3. The van der Waals surface area contributed by atoms with Crippen molar-refractivity contribution in [2.75, 3.05) is 6.54 Å². The van der Waals surface area contributed by atoms with Crippen LogP contribution < -0.4 is 10.1 Å². The van der Waals surface area contributed by atoms with E-state index in [1.165, 1.54) is 18.2 Å². The first kappa shape index (κ1) is 13.4. The molecule has 4 nitrogen and oxygen atoms in total. The molecule has 2 N–H and O–H groups in total. The van der Waals surface area contributed by atoms with Crippen LogP contribution in [0.5, 0.6) is 5.75 Å². The molecule has 1 atom stereocenters. The van der Waals surface area contributed by atoms with Crippen LogP contribution in [-0.2, 0) is 11.4 Å². The SMILES string of the molecule is CCNC(=O)C(C)Oc1ccc(F)cc1CO. The number of likely N-dealkylation sites (N-methyl/N-ethyl adjacent to an activating group) is 1. The molecule has 0 saturated heterocycles. The third-order valence-electron chi connectivity index (χ3n) is 2.22. The Balaban J connectivity index is 2.77. The van der Waals surface area contributed by atoms with Crippen molar-refractivity contribution in [3.8, 4) is 5.75 Å². The number of rotatable bonds is 5. The largest absolute Gasteiger partial charge is 0.481 e. The van der Waals surface area contributed by atoms with Crippen LogP contribution in [0, 0.1) is 5.82 Å². The number of amides is 1. The van der Waals surface area contributed by atoms with Crippen molar-refractivity contribution in [2.45, 2.75) is 26.6 Å². The van der Waals surface area contributed by atoms with E-state index in [9.17, 15) is 9.18 Å². The molecule has 0 aliphatic rings. The molecule has 94 valence electrons. The van der Waals surface area contributed by atoms with E-state index in [1.54, 1.807) is 6.92 Å². The molecule has 0 heterocycles. The monoisotopic (exact) mass is 241 g/mol. The Morgan fingerprint density at radius 3 is 2.88 bits per heavy atom. The summed E-state index contributed by atoms with van der Waals surface area (Å²) in [5.41, 5.74) is 0.321. The highest BCUT2D eigenvalue weighted by Gasteiger charge is 2.15. The quantitative estimate of drug-likeness (QED) is 0.815. The van der Waals surface area contributed by atoms with Gasteiger partial charge in [0.2, 0.25) is 0 Å². The first-order valence-corrected chi connectivity index (χ1v) is 5.42. The molecule has 0 aliphatic carbocycles. The number of aliphatic hydroxyl groups is 1. The Kier molecular flexibility index (Phi) is 4.90. The maximum atomic E-state index is 12.9. The summed E-state index contributed by atoms with van der Waals surface area (Å²) in [6, 6.07) is 3.80. The summed E-state index contributed by atoms with van der Waals surface area (Å²) in [5.74, 6) is -0.388. The van der Waals surface area contributed by atoms with Gasteiger partial charge in [-0.3, -0.25) is 4.79 Å². The minimum absolute atomic E-state index is 0.249. The van der Waals surface area contributed by atoms with E-state index in [0.29, 0.717) is 17.9 Å². The van der Waals surface area contributed by atoms with E-state index >= 15 is 0 Å². The Morgan fingerprint density at radius 2 is 2.29 bits per heavy atom. The highest BCUT2D eigenvalue weighted by molar-refractivity contribution is 5.80. The van der Waals surface area contributed by atoms with Crippen molar-refractivity contribution in [1.82, 2.24) is 5.32 Å². The van der Waals surface area contributed by atoms with Crippen molar-refractivity contribution < 1.29 is 19.0 Å². The molecular weight excluding hydrogens is 225 g/mol. The molecule has 17 heavy (non-hydrogen) atoms. The van der Waals surface area contributed by atoms with Gasteiger partial charge >= 0.3 is 0 Å². The molecule has 0 radical (unpaired) electrons. The fraction of sp³-hybridized carbons (Fsp3) is 0.417. The number of carbonyl (C=O) groups is 1. The number of hydrogen-bond donors (Lipinski definition) is 2. The number of ether oxygens (including phenoxy) is 1. The second-order valence-corrected chi connectivity index (χ2v) is 3.56. The number of aliphatic hydroxyl groups excluding tert-OH is 1. The Hall–Kier alpha value is -1.62. The lowest BCUT2D eigenvalue weighted by Crippen LogP contribution is -2.36. The Morgan fingerprint density at radius 1 is 1.59 bits per heavy atom. The Labute approximate surface area is 99.4 Å². The van der Waals surface area contributed by atoms with Crippen LogP contribution in [0.3, 0.4) is 0 Å². The van der Waals surface area contributed by atoms with Gasteiger partial charge in [-0.25, -0.2) is 4.39 Å². The summed E-state index contributed by atoms with van der Waals surface area (Å²) in [6.45, 7) is 3.58. The fourth-order valence-corrected chi connectivity index (χ4v) is 1.35.